The maximum Gasteiger partial charge on any atom is 0.310 e. The summed E-state index contributed by atoms with van der Waals surface area (Å²) >= 11 is 0. The Labute approximate surface area is 105 Å². The number of esters is 1. The maximum atomic E-state index is 11.5. The van der Waals surface area contributed by atoms with Crippen LogP contribution in [0.1, 0.15) is 66.2 Å². The van der Waals surface area contributed by atoms with E-state index in [-0.39, 0.29) is 11.6 Å². The molecule has 1 saturated carbocycles. The Morgan fingerprint density at radius 1 is 1.24 bits per heavy atom. The quantitative estimate of drug-likeness (QED) is 0.541. The van der Waals surface area contributed by atoms with Crippen LogP contribution in [-0.2, 0) is 9.53 Å². The molecule has 0 aromatic heterocycles. The molecule has 0 aromatic carbocycles. The van der Waals surface area contributed by atoms with Crippen LogP contribution < -0.4 is 0 Å². The highest BCUT2D eigenvalue weighted by Gasteiger charge is 2.26. The highest BCUT2D eigenvalue weighted by molar-refractivity contribution is 5.71. The Morgan fingerprint density at radius 3 is 2.35 bits per heavy atom. The third-order valence-corrected chi connectivity index (χ3v) is 3.29. The van der Waals surface area contributed by atoms with Crippen molar-refractivity contribution in [2.24, 2.45) is 5.41 Å². The molecule has 17 heavy (non-hydrogen) atoms. The van der Waals surface area contributed by atoms with Crippen LogP contribution in [0.4, 0.5) is 0 Å². The molecule has 1 fully saturated rings. The first-order chi connectivity index (χ1) is 7.81. The molecule has 0 radical (unpaired) electrons. The summed E-state index contributed by atoms with van der Waals surface area (Å²) < 4.78 is 5.24. The lowest BCUT2D eigenvalue weighted by Crippen LogP contribution is -2.23. The Morgan fingerprint density at radius 2 is 1.82 bits per heavy atom. The number of ether oxygens (including phenoxy) is 1. The third-order valence-electron chi connectivity index (χ3n) is 3.29. The van der Waals surface area contributed by atoms with Crippen LogP contribution in [-0.4, -0.2) is 11.6 Å². The molecule has 0 N–H and O–H groups in total. The average molecular weight is 238 g/mol. The smallest absolute Gasteiger partial charge is 0.310 e. The predicted molar refractivity (Wildman–Crippen MR) is 70.8 cm³/mol. The summed E-state index contributed by atoms with van der Waals surface area (Å²) in [5, 5.41) is 0. The minimum atomic E-state index is -0.373. The predicted octanol–water partition coefficient (Wildman–Crippen LogP) is 4.24. The summed E-state index contributed by atoms with van der Waals surface area (Å²) in [7, 11) is 0. The zero-order valence-electron chi connectivity index (χ0n) is 11.7. The SMILES string of the molecule is CC1(C/C=C/CC(=O)OC(C)(C)C)CCCC1. The standard InChI is InChI=1S/C15H26O2/c1-14(2,3)17-13(16)9-5-6-10-15(4)11-7-8-12-15/h5-6H,7-12H2,1-4H3/b6-5+. The van der Waals surface area contributed by atoms with Gasteiger partial charge >= 0.3 is 5.97 Å². The second-order valence-corrected chi connectivity index (χ2v) is 6.48. The number of carbonyl (C=O) groups excluding carboxylic acids is 1. The van der Waals surface area contributed by atoms with Crippen LogP contribution in [0.2, 0.25) is 0 Å². The van der Waals surface area contributed by atoms with E-state index in [0.717, 1.165) is 6.42 Å². The molecule has 0 aromatic rings. The highest BCUT2D eigenvalue weighted by atomic mass is 16.6. The van der Waals surface area contributed by atoms with Crippen LogP contribution >= 0.6 is 0 Å². The highest BCUT2D eigenvalue weighted by Crippen LogP contribution is 2.40. The number of allylic oxidation sites excluding steroid dienone is 1. The van der Waals surface area contributed by atoms with Gasteiger partial charge in [0.15, 0.2) is 0 Å². The van der Waals surface area contributed by atoms with E-state index in [1.807, 2.05) is 26.8 Å². The number of carbonyl (C=O) groups is 1. The van der Waals surface area contributed by atoms with Gasteiger partial charge in [-0.1, -0.05) is 31.9 Å². The first-order valence-electron chi connectivity index (χ1n) is 6.68. The molecule has 0 amide bonds. The van der Waals surface area contributed by atoms with E-state index in [0.29, 0.717) is 11.8 Å². The minimum absolute atomic E-state index is 0.134. The Hall–Kier alpha value is -0.790. The van der Waals surface area contributed by atoms with Crippen LogP contribution in [0.15, 0.2) is 12.2 Å². The van der Waals surface area contributed by atoms with Gasteiger partial charge in [-0.2, -0.15) is 0 Å². The van der Waals surface area contributed by atoms with Gasteiger partial charge in [0, 0.05) is 0 Å². The van der Waals surface area contributed by atoms with Crippen molar-refractivity contribution in [1.82, 2.24) is 0 Å². The Bertz CT molecular complexity index is 278. The molecule has 0 spiro atoms. The van der Waals surface area contributed by atoms with Gasteiger partial charge in [0.25, 0.3) is 0 Å². The monoisotopic (exact) mass is 238 g/mol. The van der Waals surface area contributed by atoms with Gasteiger partial charge in [0.1, 0.15) is 5.60 Å². The van der Waals surface area contributed by atoms with Gasteiger partial charge in [0.2, 0.25) is 0 Å². The summed E-state index contributed by atoms with van der Waals surface area (Å²) in [6, 6.07) is 0. The van der Waals surface area contributed by atoms with Crippen molar-refractivity contribution in [1.29, 1.82) is 0 Å². The number of hydrogen-bond acceptors (Lipinski definition) is 2. The second-order valence-electron chi connectivity index (χ2n) is 6.48. The first kappa shape index (κ1) is 14.3. The number of rotatable bonds is 4. The molecule has 0 saturated heterocycles. The molecule has 1 rings (SSSR count). The normalized spacial score (nSPS) is 19.8. The van der Waals surface area contributed by atoms with Crippen molar-refractivity contribution < 1.29 is 9.53 Å². The van der Waals surface area contributed by atoms with Crippen molar-refractivity contribution in [2.45, 2.75) is 71.8 Å². The Kier molecular flexibility index (Phi) is 4.79. The first-order valence-corrected chi connectivity index (χ1v) is 6.68. The molecule has 0 aliphatic heterocycles. The fourth-order valence-corrected chi connectivity index (χ4v) is 2.36. The summed E-state index contributed by atoms with van der Waals surface area (Å²) in [6.07, 6.45) is 11.0. The largest absolute Gasteiger partial charge is 0.460 e. The molecule has 0 atom stereocenters. The van der Waals surface area contributed by atoms with Gasteiger partial charge in [-0.15, -0.1) is 0 Å². The summed E-state index contributed by atoms with van der Waals surface area (Å²) in [4.78, 5) is 11.5. The van der Waals surface area contributed by atoms with Gasteiger partial charge in [-0.3, -0.25) is 4.79 Å². The lowest BCUT2D eigenvalue weighted by molar-refractivity contribution is -0.153. The third kappa shape index (κ3) is 5.90. The van der Waals surface area contributed by atoms with Crippen LogP contribution in [0.3, 0.4) is 0 Å². The van der Waals surface area contributed by atoms with E-state index < -0.39 is 0 Å². The van der Waals surface area contributed by atoms with Crippen molar-refractivity contribution in [3.05, 3.63) is 12.2 Å². The molecule has 0 heterocycles. The lowest BCUT2D eigenvalue weighted by atomic mass is 9.85. The van der Waals surface area contributed by atoms with Crippen molar-refractivity contribution in [2.75, 3.05) is 0 Å². The molecule has 2 heteroatoms. The zero-order chi connectivity index (χ0) is 12.9. The molecule has 1 aliphatic carbocycles. The van der Waals surface area contributed by atoms with Gasteiger partial charge < -0.3 is 4.74 Å². The molecule has 0 unspecified atom stereocenters. The summed E-state index contributed by atoms with van der Waals surface area (Å²) in [5.41, 5.74) is 0.104. The minimum Gasteiger partial charge on any atom is -0.460 e. The topological polar surface area (TPSA) is 26.3 Å². The summed E-state index contributed by atoms with van der Waals surface area (Å²) in [6.45, 7) is 8.04. The van der Waals surface area contributed by atoms with Gasteiger partial charge in [-0.25, -0.2) is 0 Å². The molecular formula is C15H26O2. The van der Waals surface area contributed by atoms with Crippen molar-refractivity contribution in [3.63, 3.8) is 0 Å². The molecule has 0 bridgehead atoms. The second kappa shape index (κ2) is 5.70. The van der Waals surface area contributed by atoms with E-state index in [4.69, 9.17) is 4.74 Å². The van der Waals surface area contributed by atoms with Crippen LogP contribution in [0.25, 0.3) is 0 Å². The maximum absolute atomic E-state index is 11.5. The molecule has 2 nitrogen and oxygen atoms in total. The van der Waals surface area contributed by atoms with E-state index in [2.05, 4.69) is 13.0 Å². The fraction of sp³-hybridized carbons (Fsp3) is 0.800. The van der Waals surface area contributed by atoms with Gasteiger partial charge in [0.05, 0.1) is 6.42 Å². The van der Waals surface area contributed by atoms with Gasteiger partial charge in [-0.05, 0) is 45.4 Å². The average Bonchev–Trinajstić information content (AvgIpc) is 2.58. The molecule has 1 aliphatic rings. The van der Waals surface area contributed by atoms with E-state index in [1.165, 1.54) is 25.7 Å². The fourth-order valence-electron chi connectivity index (χ4n) is 2.36. The van der Waals surface area contributed by atoms with Crippen molar-refractivity contribution >= 4 is 5.97 Å². The van der Waals surface area contributed by atoms with E-state index in [9.17, 15) is 4.79 Å². The zero-order valence-corrected chi connectivity index (χ0v) is 11.7. The van der Waals surface area contributed by atoms with Crippen LogP contribution in [0, 0.1) is 5.41 Å². The molecular weight excluding hydrogens is 212 g/mol. The molecule has 98 valence electrons. The lowest BCUT2D eigenvalue weighted by Gasteiger charge is -2.21. The Balaban J connectivity index is 2.24. The number of hydrogen-bond donors (Lipinski definition) is 0. The summed E-state index contributed by atoms with van der Waals surface area (Å²) in [5.74, 6) is -0.134. The van der Waals surface area contributed by atoms with E-state index in [1.54, 1.807) is 0 Å². The van der Waals surface area contributed by atoms with Crippen molar-refractivity contribution in [3.8, 4) is 0 Å². The van der Waals surface area contributed by atoms with Crippen LogP contribution in [0.5, 0.6) is 0 Å². The van der Waals surface area contributed by atoms with E-state index >= 15 is 0 Å².